The Bertz CT molecular complexity index is 613. The van der Waals surface area contributed by atoms with Gasteiger partial charge in [-0.1, -0.05) is 0 Å². The van der Waals surface area contributed by atoms with Crippen molar-refractivity contribution < 1.29 is 14.8 Å². The summed E-state index contributed by atoms with van der Waals surface area (Å²) in [5, 5.41) is 19.6. The highest BCUT2D eigenvalue weighted by molar-refractivity contribution is 5.86. The third-order valence-electron chi connectivity index (χ3n) is 2.54. The van der Waals surface area contributed by atoms with Crippen LogP contribution in [0.4, 0.5) is 5.69 Å². The van der Waals surface area contributed by atoms with Gasteiger partial charge < -0.3 is 14.2 Å². The fraction of sp³-hybridized carbons (Fsp3) is 0.200. The van der Waals surface area contributed by atoms with E-state index in [9.17, 15) is 14.9 Å². The van der Waals surface area contributed by atoms with Crippen molar-refractivity contribution >= 4 is 11.7 Å². The minimum atomic E-state index is -1.21. The van der Waals surface area contributed by atoms with Gasteiger partial charge in [0.2, 0.25) is 0 Å². The van der Waals surface area contributed by atoms with Crippen LogP contribution in [0.25, 0.3) is 0 Å². The van der Waals surface area contributed by atoms with Crippen LogP contribution in [0.2, 0.25) is 0 Å². The van der Waals surface area contributed by atoms with Crippen LogP contribution in [0.3, 0.4) is 0 Å². The molecule has 2 rings (SSSR count). The summed E-state index contributed by atoms with van der Waals surface area (Å²) < 4.78 is 3.01. The predicted octanol–water partition coefficient (Wildman–Crippen LogP) is 0.876. The Labute approximate surface area is 101 Å². The number of aryl methyl sites for hydroxylation is 1. The third-order valence-corrected chi connectivity index (χ3v) is 2.54. The van der Waals surface area contributed by atoms with E-state index in [1.807, 2.05) is 0 Å². The van der Waals surface area contributed by atoms with Crippen molar-refractivity contribution in [2.75, 3.05) is 0 Å². The molecule has 2 aromatic rings. The second kappa shape index (κ2) is 4.32. The molecular formula is C10H10N4O4. The normalized spacial score (nSPS) is 10.5. The van der Waals surface area contributed by atoms with E-state index >= 15 is 0 Å². The van der Waals surface area contributed by atoms with Gasteiger partial charge >= 0.3 is 5.97 Å². The monoisotopic (exact) mass is 250 g/mol. The first kappa shape index (κ1) is 11.8. The third kappa shape index (κ3) is 2.08. The van der Waals surface area contributed by atoms with Crippen LogP contribution in [0.5, 0.6) is 0 Å². The van der Waals surface area contributed by atoms with Crippen LogP contribution in [-0.2, 0) is 13.6 Å². The number of carbonyl (C=O) groups is 1. The number of hydrogen-bond donors (Lipinski definition) is 1. The summed E-state index contributed by atoms with van der Waals surface area (Å²) in [7, 11) is 1.76. The first-order chi connectivity index (χ1) is 8.49. The van der Waals surface area contributed by atoms with Crippen LogP contribution in [-0.4, -0.2) is 30.1 Å². The number of nitro groups is 1. The molecule has 18 heavy (non-hydrogen) atoms. The Morgan fingerprint density at radius 2 is 2.33 bits per heavy atom. The second-order valence-corrected chi connectivity index (χ2v) is 3.73. The van der Waals surface area contributed by atoms with Crippen molar-refractivity contribution in [3.8, 4) is 0 Å². The van der Waals surface area contributed by atoms with E-state index in [4.69, 9.17) is 5.11 Å². The Hall–Kier alpha value is -2.64. The number of carboxylic acids is 1. The lowest BCUT2D eigenvalue weighted by molar-refractivity contribution is -0.384. The highest BCUT2D eigenvalue weighted by Crippen LogP contribution is 2.17. The number of carboxylic acid groups (broad SMARTS) is 1. The van der Waals surface area contributed by atoms with E-state index in [1.54, 1.807) is 24.0 Å². The van der Waals surface area contributed by atoms with Crippen molar-refractivity contribution in [2.24, 2.45) is 7.05 Å². The van der Waals surface area contributed by atoms with Crippen molar-refractivity contribution in [2.45, 2.75) is 6.54 Å². The molecule has 94 valence electrons. The van der Waals surface area contributed by atoms with Gasteiger partial charge in [-0.05, 0) is 0 Å². The molecular weight excluding hydrogens is 240 g/mol. The molecule has 0 spiro atoms. The largest absolute Gasteiger partial charge is 0.477 e. The molecule has 0 unspecified atom stereocenters. The van der Waals surface area contributed by atoms with Gasteiger partial charge in [0.15, 0.2) is 0 Å². The van der Waals surface area contributed by atoms with Gasteiger partial charge in [0.05, 0.1) is 17.7 Å². The summed E-state index contributed by atoms with van der Waals surface area (Å²) in [6.45, 7) is 0.166. The highest BCUT2D eigenvalue weighted by atomic mass is 16.6. The Morgan fingerprint density at radius 1 is 1.61 bits per heavy atom. The topological polar surface area (TPSA) is 103 Å². The molecule has 0 saturated heterocycles. The lowest BCUT2D eigenvalue weighted by Crippen LogP contribution is -2.11. The minimum absolute atomic E-state index is 0.135. The second-order valence-electron chi connectivity index (χ2n) is 3.73. The van der Waals surface area contributed by atoms with Crippen molar-refractivity contribution in [3.63, 3.8) is 0 Å². The van der Waals surface area contributed by atoms with Crippen LogP contribution in [0, 0.1) is 10.1 Å². The molecule has 2 aromatic heterocycles. The maximum absolute atomic E-state index is 11.0. The molecule has 0 aromatic carbocycles. The van der Waals surface area contributed by atoms with E-state index < -0.39 is 10.9 Å². The fourth-order valence-electron chi connectivity index (χ4n) is 1.61. The van der Waals surface area contributed by atoms with Gasteiger partial charge in [-0.3, -0.25) is 10.1 Å². The average molecular weight is 250 g/mol. The molecule has 0 aliphatic rings. The molecule has 0 fully saturated rings. The standard InChI is InChI=1S/C10H10N4O4/c1-12-3-2-11-9(12)6-13-5-7(14(17)18)4-8(13)10(15)16/h2-5H,6H2,1H3,(H,15,16). The number of aromatic nitrogens is 3. The van der Waals surface area contributed by atoms with Crippen molar-refractivity contribution in [1.82, 2.24) is 14.1 Å². The van der Waals surface area contributed by atoms with Crippen molar-refractivity contribution in [1.29, 1.82) is 0 Å². The maximum atomic E-state index is 11.0. The van der Waals surface area contributed by atoms with E-state index in [0.29, 0.717) is 5.82 Å². The fourth-order valence-corrected chi connectivity index (χ4v) is 1.61. The minimum Gasteiger partial charge on any atom is -0.477 e. The molecule has 8 nitrogen and oxygen atoms in total. The van der Waals surface area contributed by atoms with Gasteiger partial charge in [-0.25, -0.2) is 9.78 Å². The molecule has 0 radical (unpaired) electrons. The summed E-state index contributed by atoms with van der Waals surface area (Å²) >= 11 is 0. The molecule has 0 amide bonds. The van der Waals surface area contributed by atoms with Gasteiger partial charge in [0.25, 0.3) is 5.69 Å². The van der Waals surface area contributed by atoms with E-state index in [2.05, 4.69) is 4.98 Å². The SMILES string of the molecule is Cn1ccnc1Cn1cc([N+](=O)[O-])cc1C(=O)O. The average Bonchev–Trinajstić information content (AvgIpc) is 2.87. The summed E-state index contributed by atoms with van der Waals surface area (Å²) in [4.78, 5) is 25.1. The summed E-state index contributed by atoms with van der Waals surface area (Å²) in [5.41, 5.74) is -0.383. The number of imidazole rings is 1. The maximum Gasteiger partial charge on any atom is 0.352 e. The zero-order chi connectivity index (χ0) is 13.3. The van der Waals surface area contributed by atoms with Crippen LogP contribution < -0.4 is 0 Å². The highest BCUT2D eigenvalue weighted by Gasteiger charge is 2.19. The first-order valence-corrected chi connectivity index (χ1v) is 5.03. The van der Waals surface area contributed by atoms with Gasteiger partial charge in [0, 0.05) is 25.5 Å². The molecule has 0 bridgehead atoms. The Kier molecular flexibility index (Phi) is 2.84. The Morgan fingerprint density at radius 3 is 2.83 bits per heavy atom. The van der Waals surface area contributed by atoms with E-state index in [0.717, 1.165) is 6.07 Å². The lowest BCUT2D eigenvalue weighted by atomic mass is 10.4. The number of hydrogen-bond acceptors (Lipinski definition) is 4. The van der Waals surface area contributed by atoms with E-state index in [1.165, 1.54) is 10.8 Å². The summed E-state index contributed by atoms with van der Waals surface area (Å²) in [6, 6.07) is 1.03. The molecule has 0 atom stereocenters. The molecule has 0 aliphatic carbocycles. The van der Waals surface area contributed by atoms with E-state index in [-0.39, 0.29) is 17.9 Å². The van der Waals surface area contributed by atoms with Crippen LogP contribution in [0.1, 0.15) is 16.3 Å². The zero-order valence-corrected chi connectivity index (χ0v) is 9.48. The summed E-state index contributed by atoms with van der Waals surface area (Å²) in [5.74, 6) is -0.597. The van der Waals surface area contributed by atoms with Gasteiger partial charge in [-0.15, -0.1) is 0 Å². The molecule has 0 saturated carbocycles. The molecule has 2 heterocycles. The van der Waals surface area contributed by atoms with Crippen LogP contribution >= 0.6 is 0 Å². The smallest absolute Gasteiger partial charge is 0.352 e. The van der Waals surface area contributed by atoms with Gasteiger partial charge in [-0.2, -0.15) is 0 Å². The lowest BCUT2D eigenvalue weighted by Gasteiger charge is -2.05. The number of nitrogens with zero attached hydrogens (tertiary/aromatic N) is 4. The first-order valence-electron chi connectivity index (χ1n) is 5.03. The quantitative estimate of drug-likeness (QED) is 0.640. The molecule has 0 aliphatic heterocycles. The van der Waals surface area contributed by atoms with Gasteiger partial charge in [0.1, 0.15) is 11.5 Å². The molecule has 1 N–H and O–H groups in total. The Balaban J connectivity index is 2.40. The summed E-state index contributed by atoms with van der Waals surface area (Å²) in [6.07, 6.45) is 4.49. The zero-order valence-electron chi connectivity index (χ0n) is 9.48. The van der Waals surface area contributed by atoms with Crippen molar-refractivity contribution in [3.05, 3.63) is 46.3 Å². The molecule has 8 heteroatoms. The predicted molar refractivity (Wildman–Crippen MR) is 60.4 cm³/mol. The van der Waals surface area contributed by atoms with Crippen LogP contribution in [0.15, 0.2) is 24.7 Å². The number of aromatic carboxylic acids is 1. The number of rotatable bonds is 4.